The molecule has 0 amide bonds. The van der Waals surface area contributed by atoms with Gasteiger partial charge >= 0.3 is 6.01 Å². The summed E-state index contributed by atoms with van der Waals surface area (Å²) in [6.45, 7) is 3.76. The first-order chi connectivity index (χ1) is 9.96. The average molecular weight is 309 g/mol. The molecule has 6 nitrogen and oxygen atoms in total. The molecule has 0 fully saturated rings. The van der Waals surface area contributed by atoms with Crippen LogP contribution in [-0.4, -0.2) is 20.4 Å². The summed E-state index contributed by atoms with van der Waals surface area (Å²) in [5.41, 5.74) is 1.54. The summed E-state index contributed by atoms with van der Waals surface area (Å²) < 4.78 is 32.0. The normalized spacial score (nSPS) is 13.1. The molecule has 114 valence electrons. The van der Waals surface area contributed by atoms with Crippen molar-refractivity contribution in [3.8, 4) is 0 Å². The number of rotatable bonds is 6. The van der Waals surface area contributed by atoms with E-state index in [1.165, 1.54) is 6.26 Å². The van der Waals surface area contributed by atoms with E-state index in [0.29, 0.717) is 5.69 Å². The smallest absolute Gasteiger partial charge is 0.309 e. The third-order valence-corrected chi connectivity index (χ3v) is 4.49. The Bertz CT molecular complexity index is 706. The van der Waals surface area contributed by atoms with Crippen LogP contribution in [0.25, 0.3) is 0 Å². The number of nitrogens with zero attached hydrogens (tertiary/aromatic N) is 1. The first-order valence-electron chi connectivity index (χ1n) is 6.68. The largest absolute Gasteiger partial charge is 0.431 e. The second kappa shape index (κ2) is 6.28. The lowest BCUT2D eigenvalue weighted by Crippen LogP contribution is -2.17. The van der Waals surface area contributed by atoms with Crippen molar-refractivity contribution in [1.82, 2.24) is 10.3 Å². The third-order valence-electron chi connectivity index (χ3n) is 3.17. The number of hydrogen-bond acceptors (Lipinski definition) is 5. The molecular formula is C14H19N3O3S. The van der Waals surface area contributed by atoms with Crippen LogP contribution >= 0.6 is 0 Å². The predicted octanol–water partition coefficient (Wildman–Crippen LogP) is 2.45. The van der Waals surface area contributed by atoms with E-state index in [1.807, 2.05) is 20.0 Å². The Balaban J connectivity index is 2.29. The molecular weight excluding hydrogens is 290 g/mol. The summed E-state index contributed by atoms with van der Waals surface area (Å²) >= 11 is 0. The molecule has 0 radical (unpaired) electrons. The van der Waals surface area contributed by atoms with E-state index in [0.717, 1.165) is 12.0 Å². The summed E-state index contributed by atoms with van der Waals surface area (Å²) in [7, 11) is -1.86. The number of hydrogen-bond donors (Lipinski definition) is 2. The van der Waals surface area contributed by atoms with Crippen molar-refractivity contribution in [2.75, 3.05) is 11.8 Å². The molecule has 1 heterocycles. The minimum absolute atomic E-state index is 0.0291. The fourth-order valence-corrected chi connectivity index (χ4v) is 3.07. The van der Waals surface area contributed by atoms with Gasteiger partial charge in [-0.25, -0.2) is 13.1 Å². The molecule has 2 aromatic rings. The quantitative estimate of drug-likeness (QED) is 0.856. The molecule has 0 saturated carbocycles. The summed E-state index contributed by atoms with van der Waals surface area (Å²) in [4.78, 5) is 4.13. The molecule has 0 aliphatic rings. The lowest BCUT2D eigenvalue weighted by Gasteiger charge is -2.15. The second-order valence-electron chi connectivity index (χ2n) is 4.72. The zero-order chi connectivity index (χ0) is 15.5. The van der Waals surface area contributed by atoms with Crippen LogP contribution in [0.5, 0.6) is 0 Å². The number of benzene rings is 1. The number of anilines is 1. The first-order valence-corrected chi connectivity index (χ1v) is 8.16. The highest BCUT2D eigenvalue weighted by atomic mass is 32.2. The molecule has 0 aliphatic carbocycles. The summed E-state index contributed by atoms with van der Waals surface area (Å²) in [6, 6.07) is 6.92. The van der Waals surface area contributed by atoms with E-state index in [1.54, 1.807) is 25.1 Å². The van der Waals surface area contributed by atoms with Crippen molar-refractivity contribution < 1.29 is 12.8 Å². The minimum atomic E-state index is -3.71. The highest BCUT2D eigenvalue weighted by Crippen LogP contribution is 2.21. The molecule has 0 bridgehead atoms. The Kier molecular flexibility index (Phi) is 4.64. The van der Waals surface area contributed by atoms with E-state index < -0.39 is 10.0 Å². The van der Waals surface area contributed by atoms with Crippen molar-refractivity contribution in [3.05, 3.63) is 41.8 Å². The standard InChI is InChI=1S/C14H19N3O3S/c1-4-13(15-3)11-6-5-7-12(8-11)21(18,19)17-14-16-10(2)9-20-14/h5-9,13,15H,4H2,1-3H3,(H,16,17). The van der Waals surface area contributed by atoms with Gasteiger partial charge in [0.1, 0.15) is 6.26 Å². The van der Waals surface area contributed by atoms with E-state index in [9.17, 15) is 8.42 Å². The van der Waals surface area contributed by atoms with Gasteiger partial charge in [-0.05, 0) is 38.1 Å². The van der Waals surface area contributed by atoms with Crippen LogP contribution in [0, 0.1) is 6.92 Å². The molecule has 1 atom stereocenters. The SMILES string of the molecule is CCC(NC)c1cccc(S(=O)(=O)Nc2nc(C)co2)c1. The Morgan fingerprint density at radius 3 is 2.71 bits per heavy atom. The molecule has 1 aromatic carbocycles. The van der Waals surface area contributed by atoms with Crippen molar-refractivity contribution in [2.24, 2.45) is 0 Å². The van der Waals surface area contributed by atoms with Gasteiger partial charge in [0.15, 0.2) is 0 Å². The predicted molar refractivity (Wildman–Crippen MR) is 80.6 cm³/mol. The van der Waals surface area contributed by atoms with Crippen LogP contribution in [0.15, 0.2) is 39.8 Å². The van der Waals surface area contributed by atoms with Gasteiger partial charge in [-0.15, -0.1) is 0 Å². The molecule has 1 unspecified atom stereocenters. The van der Waals surface area contributed by atoms with Gasteiger partial charge in [0.05, 0.1) is 10.6 Å². The molecule has 0 saturated heterocycles. The van der Waals surface area contributed by atoms with Crippen molar-refractivity contribution in [1.29, 1.82) is 0 Å². The number of nitrogens with one attached hydrogen (secondary N) is 2. The Morgan fingerprint density at radius 1 is 1.38 bits per heavy atom. The van der Waals surface area contributed by atoms with Crippen LogP contribution in [0.1, 0.15) is 30.6 Å². The van der Waals surface area contributed by atoms with E-state index in [2.05, 4.69) is 15.0 Å². The van der Waals surface area contributed by atoms with E-state index in [4.69, 9.17) is 4.42 Å². The lowest BCUT2D eigenvalue weighted by molar-refractivity contribution is 0.567. The van der Waals surface area contributed by atoms with Gasteiger partial charge in [0.25, 0.3) is 10.0 Å². The van der Waals surface area contributed by atoms with E-state index in [-0.39, 0.29) is 17.0 Å². The van der Waals surface area contributed by atoms with E-state index >= 15 is 0 Å². The highest BCUT2D eigenvalue weighted by Gasteiger charge is 2.18. The lowest BCUT2D eigenvalue weighted by atomic mass is 10.1. The van der Waals surface area contributed by atoms with Crippen molar-refractivity contribution >= 4 is 16.0 Å². The van der Waals surface area contributed by atoms with Crippen LogP contribution in [-0.2, 0) is 10.0 Å². The zero-order valence-corrected chi connectivity index (χ0v) is 13.1. The number of oxazole rings is 1. The minimum Gasteiger partial charge on any atom is -0.431 e. The molecule has 7 heteroatoms. The monoisotopic (exact) mass is 309 g/mol. The second-order valence-corrected chi connectivity index (χ2v) is 6.40. The fourth-order valence-electron chi connectivity index (χ4n) is 2.08. The summed E-state index contributed by atoms with van der Waals surface area (Å²) in [6.07, 6.45) is 2.26. The molecule has 2 rings (SSSR count). The maximum atomic E-state index is 12.3. The first kappa shape index (κ1) is 15.5. The van der Waals surface area contributed by atoms with Crippen molar-refractivity contribution in [2.45, 2.75) is 31.2 Å². The van der Waals surface area contributed by atoms with Gasteiger partial charge in [0, 0.05) is 6.04 Å². The number of sulfonamides is 1. The Hall–Kier alpha value is -1.86. The zero-order valence-electron chi connectivity index (χ0n) is 12.3. The maximum absolute atomic E-state index is 12.3. The summed E-state index contributed by atoms with van der Waals surface area (Å²) in [5, 5.41) is 3.15. The number of aryl methyl sites for hydroxylation is 1. The number of aromatic nitrogens is 1. The average Bonchev–Trinajstić information content (AvgIpc) is 2.85. The highest BCUT2D eigenvalue weighted by molar-refractivity contribution is 7.92. The van der Waals surface area contributed by atoms with Gasteiger partial charge in [-0.3, -0.25) is 0 Å². The third kappa shape index (κ3) is 3.62. The Labute approximate surface area is 124 Å². The maximum Gasteiger partial charge on any atom is 0.309 e. The fraction of sp³-hybridized carbons (Fsp3) is 0.357. The Morgan fingerprint density at radius 2 is 2.14 bits per heavy atom. The van der Waals surface area contributed by atoms with Gasteiger partial charge in [-0.1, -0.05) is 19.1 Å². The van der Waals surface area contributed by atoms with Crippen LogP contribution in [0.4, 0.5) is 6.01 Å². The van der Waals surface area contributed by atoms with Gasteiger partial charge in [0.2, 0.25) is 0 Å². The molecule has 21 heavy (non-hydrogen) atoms. The topological polar surface area (TPSA) is 84.2 Å². The van der Waals surface area contributed by atoms with Gasteiger partial charge < -0.3 is 9.73 Å². The van der Waals surface area contributed by atoms with Crippen LogP contribution in [0.2, 0.25) is 0 Å². The van der Waals surface area contributed by atoms with Gasteiger partial charge in [-0.2, -0.15) is 4.98 Å². The molecule has 0 spiro atoms. The molecule has 1 aromatic heterocycles. The molecule has 2 N–H and O–H groups in total. The van der Waals surface area contributed by atoms with Crippen molar-refractivity contribution in [3.63, 3.8) is 0 Å². The summed E-state index contributed by atoms with van der Waals surface area (Å²) in [5.74, 6) is 0. The van der Waals surface area contributed by atoms with Crippen LogP contribution < -0.4 is 10.0 Å². The molecule has 0 aliphatic heterocycles. The van der Waals surface area contributed by atoms with Crippen LogP contribution in [0.3, 0.4) is 0 Å².